The summed E-state index contributed by atoms with van der Waals surface area (Å²) in [6.45, 7) is 41.0. The molecular weight excluding hydrogens is 498 g/mol. The van der Waals surface area contributed by atoms with Crippen LogP contribution in [0, 0.1) is 43.9 Å². The van der Waals surface area contributed by atoms with Gasteiger partial charge in [-0.3, -0.25) is 0 Å². The summed E-state index contributed by atoms with van der Waals surface area (Å²) in [7, 11) is 1.69. The molecule has 0 amide bonds. The number of nitrogens with zero attached hydrogens (tertiary/aromatic N) is 1. The topological polar surface area (TPSA) is 23.3 Å². The maximum Gasteiger partial charge on any atom is 4.00 e. The van der Waals surface area contributed by atoms with Gasteiger partial charge in [0.25, 0.3) is 0 Å². The summed E-state index contributed by atoms with van der Waals surface area (Å²) < 4.78 is 5.45. The van der Waals surface area contributed by atoms with E-state index in [0.29, 0.717) is 11.8 Å². The molecule has 2 rings (SSSR count). The zero-order valence-electron chi connectivity index (χ0n) is 27.6. The molecule has 214 valence electrons. The molecule has 0 aliphatic heterocycles. The second-order valence-electron chi connectivity index (χ2n) is 14.1. The molecule has 38 heavy (non-hydrogen) atoms. The Bertz CT molecular complexity index is 818. The molecule has 0 heterocycles. The molecule has 0 N–H and O–H groups in total. The molecule has 0 fully saturated rings. The van der Waals surface area contributed by atoms with Gasteiger partial charge >= 0.3 is 21.7 Å². The number of ether oxygens (including phenoxy) is 1. The predicted octanol–water partition coefficient (Wildman–Crippen LogP) is 12.2. The summed E-state index contributed by atoms with van der Waals surface area (Å²) in [5.41, 5.74) is 6.63. The van der Waals surface area contributed by atoms with Crippen LogP contribution in [0.1, 0.15) is 119 Å². The maximum absolute atomic E-state index is 5.45. The van der Waals surface area contributed by atoms with E-state index in [9.17, 15) is 0 Å². The molecule has 0 atom stereocenters. The average molecular weight is 558 g/mol. The van der Waals surface area contributed by atoms with Crippen molar-refractivity contribution in [1.82, 2.24) is 0 Å². The molecule has 2 aromatic carbocycles. The summed E-state index contributed by atoms with van der Waals surface area (Å²) in [6, 6.07) is 12.4. The third-order valence-electron chi connectivity index (χ3n) is 3.87. The van der Waals surface area contributed by atoms with Gasteiger partial charge in [-0.15, -0.1) is 5.69 Å². The van der Waals surface area contributed by atoms with Gasteiger partial charge in [0, 0.05) is 0 Å². The Morgan fingerprint density at radius 3 is 1.29 bits per heavy atom. The smallest absolute Gasteiger partial charge is 0.654 e. The van der Waals surface area contributed by atoms with E-state index < -0.39 is 0 Å². The van der Waals surface area contributed by atoms with Crippen molar-refractivity contribution in [1.29, 1.82) is 0 Å². The fraction of sp³-hybridized carbons (Fsp3) is 0.571. The van der Waals surface area contributed by atoms with Crippen molar-refractivity contribution in [2.75, 3.05) is 7.11 Å². The molecule has 0 aromatic heterocycles. The SMILES string of the molecule is COc1ccccc1[N-]c1c(C(C)C)cc(C)cc1C(C)C.[CH2-]C(C)(C)C.[CH2-]C(C)(C)C.[CH2-]C(C)(C)C.[Ti+4]. The fourth-order valence-electron chi connectivity index (χ4n) is 2.69. The molecule has 0 spiro atoms. The third kappa shape index (κ3) is 25.1. The van der Waals surface area contributed by atoms with Gasteiger partial charge in [-0.05, 0) is 24.8 Å². The van der Waals surface area contributed by atoms with Crippen LogP contribution in [-0.4, -0.2) is 7.11 Å². The van der Waals surface area contributed by atoms with Gasteiger partial charge in [0.2, 0.25) is 0 Å². The Labute approximate surface area is 254 Å². The first-order valence-electron chi connectivity index (χ1n) is 13.5. The second-order valence-corrected chi connectivity index (χ2v) is 14.1. The first kappa shape index (κ1) is 41.2. The molecule has 2 aromatic rings. The summed E-state index contributed by atoms with van der Waals surface area (Å²) in [4.78, 5) is 0. The van der Waals surface area contributed by atoms with Crippen LogP contribution < -0.4 is 4.74 Å². The molecule has 0 bridgehead atoms. The minimum absolute atomic E-state index is 0. The molecule has 0 radical (unpaired) electrons. The molecule has 0 unspecified atom stereocenters. The van der Waals surface area contributed by atoms with Crippen molar-refractivity contribution in [2.45, 2.75) is 109 Å². The predicted molar refractivity (Wildman–Crippen MR) is 169 cm³/mol. The molecule has 0 aliphatic carbocycles. The molecule has 3 heteroatoms. The average Bonchev–Trinajstić information content (AvgIpc) is 2.65. The van der Waals surface area contributed by atoms with E-state index in [4.69, 9.17) is 10.1 Å². The van der Waals surface area contributed by atoms with Gasteiger partial charge in [-0.25, -0.2) is 0 Å². The van der Waals surface area contributed by atoms with Gasteiger partial charge in [-0.1, -0.05) is 143 Å². The molecular formula is C35H59NOTi. The van der Waals surface area contributed by atoms with Gasteiger partial charge in [-0.2, -0.15) is 16.2 Å². The first-order valence-corrected chi connectivity index (χ1v) is 13.5. The maximum atomic E-state index is 5.45. The van der Waals surface area contributed by atoms with Crippen molar-refractivity contribution in [3.05, 3.63) is 79.2 Å². The minimum atomic E-state index is 0. The van der Waals surface area contributed by atoms with E-state index in [0.717, 1.165) is 17.1 Å². The van der Waals surface area contributed by atoms with E-state index in [1.165, 1.54) is 16.7 Å². The van der Waals surface area contributed by atoms with E-state index in [-0.39, 0.29) is 38.0 Å². The minimum Gasteiger partial charge on any atom is -0.654 e. The zero-order valence-corrected chi connectivity index (χ0v) is 29.2. The van der Waals surface area contributed by atoms with Gasteiger partial charge < -0.3 is 30.8 Å². The van der Waals surface area contributed by atoms with E-state index in [1.54, 1.807) is 7.11 Å². The van der Waals surface area contributed by atoms with Crippen molar-refractivity contribution < 1.29 is 26.5 Å². The fourth-order valence-corrected chi connectivity index (χ4v) is 2.69. The van der Waals surface area contributed by atoms with E-state index in [1.807, 2.05) is 24.3 Å². The Balaban J connectivity index is -0.000000630. The Morgan fingerprint density at radius 1 is 0.684 bits per heavy atom. The molecule has 2 nitrogen and oxygen atoms in total. The second kappa shape index (κ2) is 18.2. The third-order valence-corrected chi connectivity index (χ3v) is 3.87. The van der Waals surface area contributed by atoms with Crippen LogP contribution in [-0.2, 0) is 21.7 Å². The van der Waals surface area contributed by atoms with Crippen LogP contribution in [0.15, 0.2) is 36.4 Å². The zero-order chi connectivity index (χ0) is 29.8. The van der Waals surface area contributed by atoms with Crippen LogP contribution in [0.25, 0.3) is 5.32 Å². The Morgan fingerprint density at radius 2 is 1.00 bits per heavy atom. The van der Waals surface area contributed by atoms with Crippen LogP contribution in [0.4, 0.5) is 11.4 Å². The quantitative estimate of drug-likeness (QED) is 0.265. The number of para-hydroxylation sites is 2. The van der Waals surface area contributed by atoms with Crippen molar-refractivity contribution in [3.8, 4) is 5.75 Å². The molecule has 0 saturated heterocycles. The largest absolute Gasteiger partial charge is 4.00 e. The molecule has 0 saturated carbocycles. The molecule has 0 aliphatic rings. The van der Waals surface area contributed by atoms with Gasteiger partial charge in [0.05, 0.1) is 7.11 Å². The van der Waals surface area contributed by atoms with Crippen LogP contribution in [0.5, 0.6) is 5.75 Å². The van der Waals surface area contributed by atoms with E-state index in [2.05, 4.69) is 130 Å². The number of benzene rings is 2. The van der Waals surface area contributed by atoms with Crippen molar-refractivity contribution >= 4 is 11.4 Å². The van der Waals surface area contributed by atoms with Crippen LogP contribution in [0.2, 0.25) is 0 Å². The summed E-state index contributed by atoms with van der Waals surface area (Å²) in [6.07, 6.45) is 0. The number of methoxy groups -OCH3 is 1. The number of hydrogen-bond donors (Lipinski definition) is 0. The van der Waals surface area contributed by atoms with E-state index >= 15 is 0 Å². The first-order chi connectivity index (χ1) is 16.4. The number of rotatable bonds is 5. The Kier molecular flexibility index (Phi) is 19.7. The summed E-state index contributed by atoms with van der Waals surface area (Å²) >= 11 is 0. The van der Waals surface area contributed by atoms with Crippen LogP contribution in [0.3, 0.4) is 0 Å². The monoisotopic (exact) mass is 557 g/mol. The number of hydrogen-bond acceptors (Lipinski definition) is 1. The standard InChI is InChI=1S/C20H26NO.3C5H11.Ti/c1-13(2)16-11-15(5)12-17(14(3)4)20(16)21-18-9-7-8-10-19(18)22-6;3*1-5(2,3)4;/h7-14H,1-6H3;3*1H2,2-4H3;/q4*-1;+4. The Hall–Kier alpha value is -1.25. The number of aryl methyl sites for hydroxylation is 1. The summed E-state index contributed by atoms with van der Waals surface area (Å²) in [5, 5.41) is 4.97. The van der Waals surface area contributed by atoms with Gasteiger partial charge in [0.1, 0.15) is 5.75 Å². The van der Waals surface area contributed by atoms with Crippen LogP contribution >= 0.6 is 0 Å². The van der Waals surface area contributed by atoms with Crippen molar-refractivity contribution in [2.24, 2.45) is 16.2 Å². The summed E-state index contributed by atoms with van der Waals surface area (Å²) in [5.74, 6) is 1.68. The van der Waals surface area contributed by atoms with Gasteiger partial charge in [0.15, 0.2) is 0 Å². The normalized spacial score (nSPS) is 11.2. The van der Waals surface area contributed by atoms with Crippen molar-refractivity contribution in [3.63, 3.8) is 0 Å².